The third kappa shape index (κ3) is 7.14. The number of aliphatic carboxylic acids is 2. The molecule has 0 fully saturated rings. The lowest BCUT2D eigenvalue weighted by Crippen LogP contribution is -2.13. The molecular weight excluding hydrogens is 599 g/mol. The van der Waals surface area contributed by atoms with Crippen molar-refractivity contribution < 1.29 is 48.0 Å². The molecule has 12 heteroatoms. The number of carbonyl (C=O) groups excluding carboxylic acids is 2. The van der Waals surface area contributed by atoms with Crippen LogP contribution >= 0.6 is 22.7 Å². The summed E-state index contributed by atoms with van der Waals surface area (Å²) in [6, 6.07) is 8.54. The Morgan fingerprint density at radius 1 is 0.814 bits per heavy atom. The molecule has 0 unspecified atom stereocenters. The zero-order valence-electron chi connectivity index (χ0n) is 24.0. The summed E-state index contributed by atoms with van der Waals surface area (Å²) in [6.07, 6.45) is 0.753. The van der Waals surface area contributed by atoms with Crippen LogP contribution in [0, 0.1) is 17.7 Å². The Morgan fingerprint density at radius 2 is 1.37 bits per heavy atom. The Morgan fingerprint density at radius 3 is 1.95 bits per heavy atom. The lowest BCUT2D eigenvalue weighted by atomic mass is 10.0. The molecular formula is C31H31FO9S2. The maximum Gasteiger partial charge on any atom is 0.306 e. The van der Waals surface area contributed by atoms with Crippen molar-refractivity contribution in [3.05, 3.63) is 51.5 Å². The van der Waals surface area contributed by atoms with Crippen LogP contribution < -0.4 is 14.2 Å². The van der Waals surface area contributed by atoms with Gasteiger partial charge in [-0.05, 0) is 48.1 Å². The highest BCUT2D eigenvalue weighted by molar-refractivity contribution is 7.21. The van der Waals surface area contributed by atoms with Crippen molar-refractivity contribution in [2.75, 3.05) is 20.8 Å². The van der Waals surface area contributed by atoms with Gasteiger partial charge in [0.05, 0.1) is 42.4 Å². The fourth-order valence-corrected chi connectivity index (χ4v) is 6.59. The van der Waals surface area contributed by atoms with E-state index in [2.05, 4.69) is 0 Å². The lowest BCUT2D eigenvalue weighted by Gasteiger charge is -2.13. The third-order valence-electron chi connectivity index (χ3n) is 7.03. The third-order valence-corrected chi connectivity index (χ3v) is 9.30. The first-order valence-corrected chi connectivity index (χ1v) is 15.1. The summed E-state index contributed by atoms with van der Waals surface area (Å²) in [5.74, 6) is -4.26. The second-order valence-corrected chi connectivity index (χ2v) is 12.4. The predicted molar refractivity (Wildman–Crippen MR) is 162 cm³/mol. The van der Waals surface area contributed by atoms with Gasteiger partial charge in [-0.15, -0.1) is 22.7 Å². The van der Waals surface area contributed by atoms with Gasteiger partial charge in [0.15, 0.2) is 28.9 Å². The summed E-state index contributed by atoms with van der Waals surface area (Å²) in [6.45, 7) is 3.09. The predicted octanol–water partition coefficient (Wildman–Crippen LogP) is 6.87. The molecule has 0 radical (unpaired) electrons. The van der Waals surface area contributed by atoms with E-state index in [1.807, 2.05) is 12.1 Å². The van der Waals surface area contributed by atoms with E-state index in [0.29, 0.717) is 28.2 Å². The minimum atomic E-state index is -1.08. The van der Waals surface area contributed by atoms with E-state index in [1.165, 1.54) is 38.4 Å². The van der Waals surface area contributed by atoms with Crippen LogP contribution in [0.15, 0.2) is 30.3 Å². The first kappa shape index (κ1) is 31.9. The summed E-state index contributed by atoms with van der Waals surface area (Å²) >= 11 is 2.36. The molecule has 0 aliphatic heterocycles. The summed E-state index contributed by atoms with van der Waals surface area (Å²) < 4.78 is 33.6. The van der Waals surface area contributed by atoms with Crippen LogP contribution in [0.4, 0.5) is 4.39 Å². The molecule has 0 spiro atoms. The van der Waals surface area contributed by atoms with Gasteiger partial charge in [-0.25, -0.2) is 4.39 Å². The molecule has 43 heavy (non-hydrogen) atoms. The number of benzene rings is 2. The number of ketones is 2. The van der Waals surface area contributed by atoms with Crippen molar-refractivity contribution in [3.63, 3.8) is 0 Å². The molecule has 9 nitrogen and oxygen atoms in total. The van der Waals surface area contributed by atoms with Crippen LogP contribution in [0.25, 0.3) is 20.2 Å². The number of thiophene rings is 2. The highest BCUT2D eigenvalue weighted by Gasteiger charge is 2.23. The lowest BCUT2D eigenvalue weighted by molar-refractivity contribution is -0.141. The van der Waals surface area contributed by atoms with Crippen molar-refractivity contribution in [3.8, 4) is 17.2 Å². The second kappa shape index (κ2) is 13.5. The van der Waals surface area contributed by atoms with Crippen molar-refractivity contribution >= 4 is 66.4 Å². The zero-order chi connectivity index (χ0) is 31.4. The number of carboxylic acids is 2. The number of aryl methyl sites for hydroxylation is 1. The van der Waals surface area contributed by atoms with Crippen LogP contribution in [0.2, 0.25) is 0 Å². The second-order valence-electron chi connectivity index (χ2n) is 10.2. The van der Waals surface area contributed by atoms with Gasteiger partial charge in [0.25, 0.3) is 0 Å². The number of rotatable bonds is 15. The van der Waals surface area contributed by atoms with E-state index in [4.69, 9.17) is 24.4 Å². The van der Waals surface area contributed by atoms with Crippen molar-refractivity contribution in [1.82, 2.24) is 0 Å². The summed E-state index contributed by atoms with van der Waals surface area (Å²) in [5.41, 5.74) is 0.869. The average molecular weight is 631 g/mol. The van der Waals surface area contributed by atoms with E-state index in [1.54, 1.807) is 19.2 Å². The van der Waals surface area contributed by atoms with Gasteiger partial charge in [0.2, 0.25) is 0 Å². The highest BCUT2D eigenvalue weighted by Crippen LogP contribution is 2.41. The van der Waals surface area contributed by atoms with Gasteiger partial charge >= 0.3 is 11.9 Å². The van der Waals surface area contributed by atoms with Crippen LogP contribution in [-0.4, -0.2) is 54.5 Å². The molecule has 2 atom stereocenters. The Bertz CT molecular complexity index is 1700. The topological polar surface area (TPSA) is 136 Å². The SMILES string of the molecule is COc1cc2sc(C(=O)C[C@@H](C)C(=O)O)cc2cc1CCCOc1c(OC)cc2sc(C(=O)C[C@H](C)C(=O)O)cc2c1F. The van der Waals surface area contributed by atoms with Crippen molar-refractivity contribution in [2.24, 2.45) is 11.8 Å². The molecule has 2 N–H and O–H groups in total. The minimum Gasteiger partial charge on any atom is -0.496 e. The van der Waals surface area contributed by atoms with Gasteiger partial charge < -0.3 is 24.4 Å². The molecule has 2 aromatic heterocycles. The maximum atomic E-state index is 15.5. The number of Topliss-reactive ketones (excluding diaryl/α,β-unsaturated/α-hetero) is 2. The fourth-order valence-electron chi connectivity index (χ4n) is 4.53. The van der Waals surface area contributed by atoms with Gasteiger partial charge in [-0.2, -0.15) is 0 Å². The average Bonchev–Trinajstić information content (AvgIpc) is 3.59. The summed E-state index contributed by atoms with van der Waals surface area (Å²) in [7, 11) is 2.94. The van der Waals surface area contributed by atoms with E-state index >= 15 is 4.39 Å². The number of carboxylic acid groups (broad SMARTS) is 2. The molecule has 2 aromatic carbocycles. The molecule has 2 heterocycles. The van der Waals surface area contributed by atoms with Crippen molar-refractivity contribution in [1.29, 1.82) is 0 Å². The van der Waals surface area contributed by atoms with Crippen LogP contribution in [0.1, 0.15) is 58.0 Å². The normalized spacial score (nSPS) is 12.7. The van der Waals surface area contributed by atoms with Gasteiger partial charge in [0, 0.05) is 33.7 Å². The molecule has 4 rings (SSSR count). The Hall–Kier alpha value is -4.03. The Labute approximate surface area is 254 Å². The standard InChI is InChI=1S/C31H31FO9S2/c1-15(30(35)36)8-20(33)26-11-18-10-17(22(39-3)13-24(18)42-26)6-5-7-41-29-23(40-4)14-25-19(28(29)32)12-27(43-25)21(34)9-16(2)31(37)38/h10-16H,5-9H2,1-4H3,(H,35,36)(H,37,38)/t15-,16+/m1/s1. The molecule has 0 saturated heterocycles. The largest absolute Gasteiger partial charge is 0.496 e. The van der Waals surface area contributed by atoms with E-state index in [0.717, 1.165) is 27.0 Å². The zero-order valence-corrected chi connectivity index (χ0v) is 25.7. The van der Waals surface area contributed by atoms with Gasteiger partial charge in [-0.1, -0.05) is 13.8 Å². The first-order valence-electron chi connectivity index (χ1n) is 13.5. The Kier molecular flexibility index (Phi) is 10.0. The maximum absolute atomic E-state index is 15.5. The molecule has 0 amide bonds. The van der Waals surface area contributed by atoms with E-state index in [-0.39, 0.29) is 52.8 Å². The number of fused-ring (bicyclic) bond motifs is 2. The molecule has 0 aliphatic rings. The minimum absolute atomic E-state index is 0.0790. The van der Waals surface area contributed by atoms with Crippen molar-refractivity contribution in [2.45, 2.75) is 39.5 Å². The summed E-state index contributed by atoms with van der Waals surface area (Å²) in [5, 5.41) is 19.3. The van der Waals surface area contributed by atoms with Gasteiger partial charge in [-0.3, -0.25) is 19.2 Å². The van der Waals surface area contributed by atoms with Crippen LogP contribution in [0.3, 0.4) is 0 Å². The van der Waals surface area contributed by atoms with E-state index in [9.17, 15) is 19.2 Å². The molecule has 0 saturated carbocycles. The number of hydrogen-bond acceptors (Lipinski definition) is 9. The number of halogens is 1. The monoisotopic (exact) mass is 630 g/mol. The van der Waals surface area contributed by atoms with Crippen LogP contribution in [0.5, 0.6) is 17.2 Å². The number of hydrogen-bond donors (Lipinski definition) is 2. The Balaban J connectivity index is 1.47. The van der Waals surface area contributed by atoms with Gasteiger partial charge in [0.1, 0.15) is 5.75 Å². The molecule has 0 bridgehead atoms. The summed E-state index contributed by atoms with van der Waals surface area (Å²) in [4.78, 5) is 48.2. The number of ether oxygens (including phenoxy) is 3. The number of methoxy groups -OCH3 is 2. The van der Waals surface area contributed by atoms with Crippen LogP contribution in [-0.2, 0) is 16.0 Å². The molecule has 228 valence electrons. The smallest absolute Gasteiger partial charge is 0.306 e. The number of carbonyl (C=O) groups is 4. The fraction of sp³-hybridized carbons (Fsp3) is 0.355. The molecule has 4 aromatic rings. The van der Waals surface area contributed by atoms with E-state index < -0.39 is 29.6 Å². The highest BCUT2D eigenvalue weighted by atomic mass is 32.1. The quantitative estimate of drug-likeness (QED) is 0.106. The molecule has 0 aliphatic carbocycles. The first-order chi connectivity index (χ1) is 20.4.